The minimum absolute atomic E-state index is 0.190. The fourth-order valence-corrected chi connectivity index (χ4v) is 2.00. The predicted octanol–water partition coefficient (Wildman–Crippen LogP) is 1.51. The molecule has 0 atom stereocenters. The van der Waals surface area contributed by atoms with Crippen molar-refractivity contribution in [1.29, 1.82) is 0 Å². The first-order valence-electron chi connectivity index (χ1n) is 6.93. The number of amides is 1. The zero-order valence-corrected chi connectivity index (χ0v) is 12.4. The summed E-state index contributed by atoms with van der Waals surface area (Å²) >= 11 is 0. The molecule has 6 heteroatoms. The maximum Gasteiger partial charge on any atom is 0.355 e. The molecule has 0 saturated carbocycles. The summed E-state index contributed by atoms with van der Waals surface area (Å²) in [7, 11) is 0. The molecular weight excluding hydrogens is 258 g/mol. The van der Waals surface area contributed by atoms with E-state index in [9.17, 15) is 9.59 Å². The van der Waals surface area contributed by atoms with Gasteiger partial charge in [-0.25, -0.2) is 4.79 Å². The van der Waals surface area contributed by atoms with Crippen LogP contribution in [0.1, 0.15) is 37.7 Å². The summed E-state index contributed by atoms with van der Waals surface area (Å²) in [5, 5.41) is 0. The Morgan fingerprint density at radius 2 is 1.95 bits per heavy atom. The van der Waals surface area contributed by atoms with Gasteiger partial charge >= 0.3 is 5.97 Å². The summed E-state index contributed by atoms with van der Waals surface area (Å²) in [6, 6.07) is 1.57. The summed E-state index contributed by atoms with van der Waals surface area (Å²) in [4.78, 5) is 25.4. The predicted molar refractivity (Wildman–Crippen MR) is 77.3 cm³/mol. The molecule has 2 N–H and O–H groups in total. The monoisotopic (exact) mass is 281 g/mol. The molecule has 0 radical (unpaired) electrons. The highest BCUT2D eigenvalue weighted by molar-refractivity contribution is 5.91. The highest BCUT2D eigenvalue weighted by Gasteiger charge is 2.17. The highest BCUT2D eigenvalue weighted by atomic mass is 16.5. The number of rotatable bonds is 7. The van der Waals surface area contributed by atoms with Crippen LogP contribution >= 0.6 is 0 Å². The molecule has 1 amide bonds. The van der Waals surface area contributed by atoms with Crippen LogP contribution in [-0.2, 0) is 16.1 Å². The van der Waals surface area contributed by atoms with E-state index in [-0.39, 0.29) is 12.5 Å². The lowest BCUT2D eigenvalue weighted by Crippen LogP contribution is -2.34. The van der Waals surface area contributed by atoms with E-state index < -0.39 is 5.97 Å². The van der Waals surface area contributed by atoms with Gasteiger partial charge in [-0.2, -0.15) is 0 Å². The van der Waals surface area contributed by atoms with Gasteiger partial charge < -0.3 is 19.9 Å². The van der Waals surface area contributed by atoms with E-state index in [1.165, 1.54) is 0 Å². The van der Waals surface area contributed by atoms with Crippen molar-refractivity contribution in [3.8, 4) is 0 Å². The second kappa shape index (κ2) is 7.57. The molecule has 1 aromatic rings. The number of hydrogen-bond acceptors (Lipinski definition) is 4. The number of carbonyl (C=O) groups excluding carboxylic acids is 2. The number of likely N-dealkylation sites (N-methyl/N-ethyl adjacent to an activating group) is 1. The summed E-state index contributed by atoms with van der Waals surface area (Å²) in [6.45, 7) is 7.43. The van der Waals surface area contributed by atoms with Gasteiger partial charge in [-0.3, -0.25) is 4.79 Å². The van der Waals surface area contributed by atoms with E-state index in [1.54, 1.807) is 21.7 Å². The molecular formula is C14H23N3O3. The fourth-order valence-electron chi connectivity index (χ4n) is 2.00. The van der Waals surface area contributed by atoms with Gasteiger partial charge in [0.15, 0.2) is 6.61 Å². The minimum atomic E-state index is -0.518. The van der Waals surface area contributed by atoms with Crippen LogP contribution in [0.15, 0.2) is 12.3 Å². The standard InChI is InChI=1S/C14H23N3O3/c1-4-7-17-9-11(15)8-12(17)14(19)20-10-13(18)16(5-2)6-3/h8-9H,4-7,10,15H2,1-3H3. The number of anilines is 1. The Morgan fingerprint density at radius 3 is 2.50 bits per heavy atom. The quantitative estimate of drug-likeness (QED) is 0.768. The van der Waals surface area contributed by atoms with Crippen LogP contribution < -0.4 is 5.73 Å². The summed E-state index contributed by atoms with van der Waals surface area (Å²) < 4.78 is 6.82. The van der Waals surface area contributed by atoms with Crippen molar-refractivity contribution >= 4 is 17.6 Å². The molecule has 0 aliphatic heterocycles. The molecule has 0 aromatic carbocycles. The summed E-state index contributed by atoms with van der Waals surface area (Å²) in [5.74, 6) is -0.708. The van der Waals surface area contributed by atoms with E-state index in [1.807, 2.05) is 20.8 Å². The number of esters is 1. The van der Waals surface area contributed by atoms with Gasteiger partial charge in [0.25, 0.3) is 5.91 Å². The minimum Gasteiger partial charge on any atom is -0.451 e. The second-order valence-electron chi connectivity index (χ2n) is 4.49. The smallest absolute Gasteiger partial charge is 0.355 e. The summed E-state index contributed by atoms with van der Waals surface area (Å²) in [5.41, 5.74) is 6.59. The lowest BCUT2D eigenvalue weighted by Gasteiger charge is -2.18. The van der Waals surface area contributed by atoms with Crippen LogP contribution in [0.25, 0.3) is 0 Å². The van der Waals surface area contributed by atoms with Crippen molar-refractivity contribution in [2.24, 2.45) is 0 Å². The zero-order valence-electron chi connectivity index (χ0n) is 12.4. The van der Waals surface area contributed by atoms with Crippen molar-refractivity contribution < 1.29 is 14.3 Å². The molecule has 0 spiro atoms. The Morgan fingerprint density at radius 1 is 1.30 bits per heavy atom. The second-order valence-corrected chi connectivity index (χ2v) is 4.49. The Bertz CT molecular complexity index is 464. The number of carbonyl (C=O) groups is 2. The van der Waals surface area contributed by atoms with Crippen molar-refractivity contribution in [2.45, 2.75) is 33.7 Å². The molecule has 1 aromatic heterocycles. The number of aryl methyl sites for hydroxylation is 1. The third-order valence-corrected chi connectivity index (χ3v) is 3.03. The molecule has 112 valence electrons. The van der Waals surface area contributed by atoms with Crippen LogP contribution in [0, 0.1) is 0 Å². The number of nitrogens with two attached hydrogens (primary N) is 1. The maximum absolute atomic E-state index is 12.0. The Balaban J connectivity index is 2.65. The van der Waals surface area contributed by atoms with E-state index >= 15 is 0 Å². The summed E-state index contributed by atoms with van der Waals surface area (Å²) in [6.07, 6.45) is 2.58. The molecule has 0 fully saturated rings. The topological polar surface area (TPSA) is 77.6 Å². The molecule has 1 rings (SSSR count). The van der Waals surface area contributed by atoms with Crippen molar-refractivity contribution in [1.82, 2.24) is 9.47 Å². The maximum atomic E-state index is 12.0. The molecule has 0 bridgehead atoms. The van der Waals surface area contributed by atoms with Crippen LogP contribution in [0.3, 0.4) is 0 Å². The number of hydrogen-bond donors (Lipinski definition) is 1. The number of ether oxygens (including phenoxy) is 1. The Labute approximate surface area is 119 Å². The highest BCUT2D eigenvalue weighted by Crippen LogP contribution is 2.12. The SMILES string of the molecule is CCCn1cc(N)cc1C(=O)OCC(=O)N(CC)CC. The van der Waals surface area contributed by atoms with Gasteiger partial charge in [-0.15, -0.1) is 0 Å². The molecule has 0 aliphatic carbocycles. The molecule has 1 heterocycles. The average Bonchev–Trinajstić information content (AvgIpc) is 2.79. The van der Waals surface area contributed by atoms with Gasteiger partial charge in [-0.1, -0.05) is 6.92 Å². The van der Waals surface area contributed by atoms with E-state index in [2.05, 4.69) is 0 Å². The van der Waals surface area contributed by atoms with Crippen molar-refractivity contribution in [3.63, 3.8) is 0 Å². The van der Waals surface area contributed by atoms with Gasteiger partial charge in [0, 0.05) is 25.8 Å². The van der Waals surface area contributed by atoms with Crippen LogP contribution in [0.5, 0.6) is 0 Å². The van der Waals surface area contributed by atoms with Crippen LogP contribution in [-0.4, -0.2) is 41.0 Å². The molecule has 20 heavy (non-hydrogen) atoms. The normalized spacial score (nSPS) is 10.3. The van der Waals surface area contributed by atoms with Gasteiger partial charge in [-0.05, 0) is 26.3 Å². The van der Waals surface area contributed by atoms with Crippen molar-refractivity contribution in [3.05, 3.63) is 18.0 Å². The van der Waals surface area contributed by atoms with Gasteiger partial charge in [0.05, 0.1) is 5.69 Å². The molecule has 0 saturated heterocycles. The first-order valence-corrected chi connectivity index (χ1v) is 6.93. The number of aromatic nitrogens is 1. The van der Waals surface area contributed by atoms with E-state index in [0.717, 1.165) is 6.42 Å². The van der Waals surface area contributed by atoms with E-state index in [4.69, 9.17) is 10.5 Å². The van der Waals surface area contributed by atoms with Crippen LogP contribution in [0.2, 0.25) is 0 Å². The largest absolute Gasteiger partial charge is 0.451 e. The first kappa shape index (κ1) is 16.1. The van der Waals surface area contributed by atoms with Crippen LogP contribution in [0.4, 0.5) is 5.69 Å². The third-order valence-electron chi connectivity index (χ3n) is 3.03. The molecule has 6 nitrogen and oxygen atoms in total. The zero-order chi connectivity index (χ0) is 15.1. The Kier molecular flexibility index (Phi) is 6.09. The van der Waals surface area contributed by atoms with Gasteiger partial charge in [0.1, 0.15) is 5.69 Å². The average molecular weight is 281 g/mol. The molecule has 0 aliphatic rings. The van der Waals surface area contributed by atoms with Crippen molar-refractivity contribution in [2.75, 3.05) is 25.4 Å². The lowest BCUT2D eigenvalue weighted by atomic mass is 10.4. The first-order chi connectivity index (χ1) is 9.53. The van der Waals surface area contributed by atoms with E-state index in [0.29, 0.717) is 31.0 Å². The Hall–Kier alpha value is -1.98. The molecule has 0 unspecified atom stereocenters. The number of nitrogens with zero attached hydrogens (tertiary/aromatic N) is 2. The number of nitrogen functional groups attached to an aromatic ring is 1. The third kappa shape index (κ3) is 4.01. The lowest BCUT2D eigenvalue weighted by molar-refractivity contribution is -0.134. The fraction of sp³-hybridized carbons (Fsp3) is 0.571. The van der Waals surface area contributed by atoms with Gasteiger partial charge in [0.2, 0.25) is 0 Å².